The number of aromatic nitrogens is 2. The maximum absolute atomic E-state index is 13.5. The quantitative estimate of drug-likeness (QED) is 0.601. The summed E-state index contributed by atoms with van der Waals surface area (Å²) in [4.78, 5) is 15.3. The van der Waals surface area contributed by atoms with Crippen LogP contribution in [-0.2, 0) is 6.42 Å². The van der Waals surface area contributed by atoms with Crippen molar-refractivity contribution in [3.63, 3.8) is 0 Å². The molecule has 0 radical (unpaired) electrons. The zero-order chi connectivity index (χ0) is 21.4. The van der Waals surface area contributed by atoms with E-state index in [1.165, 1.54) is 0 Å². The molecule has 2 aromatic carbocycles. The fourth-order valence-corrected chi connectivity index (χ4v) is 4.22. The molecule has 0 saturated carbocycles. The van der Waals surface area contributed by atoms with Crippen LogP contribution < -0.4 is 14.4 Å². The van der Waals surface area contributed by atoms with Gasteiger partial charge in [-0.3, -0.25) is 14.8 Å². The number of ether oxygens (including phenoxy) is 2. The molecular formula is C23H24ClN3O3. The molecule has 1 amide bonds. The Bertz CT molecular complexity index is 1090. The number of nitrogens with one attached hydrogen (secondary N) is 1. The minimum Gasteiger partial charge on any atom is -0.497 e. The number of aromatic amines is 1. The van der Waals surface area contributed by atoms with E-state index in [2.05, 4.69) is 24.0 Å². The van der Waals surface area contributed by atoms with Crippen LogP contribution in [0.3, 0.4) is 0 Å². The van der Waals surface area contributed by atoms with Crippen molar-refractivity contribution in [3.05, 3.63) is 70.0 Å². The van der Waals surface area contributed by atoms with E-state index in [-0.39, 0.29) is 5.91 Å². The Labute approximate surface area is 180 Å². The van der Waals surface area contributed by atoms with Crippen molar-refractivity contribution in [1.29, 1.82) is 0 Å². The number of methoxy groups -OCH3 is 2. The molecule has 1 aromatic heterocycles. The highest BCUT2D eigenvalue weighted by Crippen LogP contribution is 2.47. The van der Waals surface area contributed by atoms with Crippen molar-refractivity contribution in [2.24, 2.45) is 5.92 Å². The smallest absolute Gasteiger partial charge is 0.277 e. The van der Waals surface area contributed by atoms with E-state index in [0.29, 0.717) is 33.8 Å². The average molecular weight is 426 g/mol. The molecular weight excluding hydrogens is 402 g/mol. The standard InChI is InChI=1S/C23H24ClN3O3/c1-13(2)11-17-20-21(26-25-17)23(28)27(22(20)15-7-5-6-8-16(15)24)18-10-9-14(29-3)12-19(18)30-4/h5-10,12-13,22H,11H2,1-4H3,(H,25,26). The predicted molar refractivity (Wildman–Crippen MR) is 117 cm³/mol. The topological polar surface area (TPSA) is 67.5 Å². The van der Waals surface area contributed by atoms with Crippen molar-refractivity contribution in [2.45, 2.75) is 26.3 Å². The van der Waals surface area contributed by atoms with Gasteiger partial charge in [-0.15, -0.1) is 0 Å². The third kappa shape index (κ3) is 3.31. The molecule has 30 heavy (non-hydrogen) atoms. The average Bonchev–Trinajstić information content (AvgIpc) is 3.26. The number of H-pyrrole nitrogens is 1. The number of nitrogens with zero attached hydrogens (tertiary/aromatic N) is 2. The molecule has 4 rings (SSSR count). The minimum atomic E-state index is -0.406. The molecule has 156 valence electrons. The van der Waals surface area contributed by atoms with E-state index in [9.17, 15) is 4.79 Å². The Kier molecular flexibility index (Phi) is 5.43. The second-order valence-corrected chi connectivity index (χ2v) is 8.10. The summed E-state index contributed by atoms with van der Waals surface area (Å²) >= 11 is 6.60. The summed E-state index contributed by atoms with van der Waals surface area (Å²) in [5.74, 6) is 1.42. The lowest BCUT2D eigenvalue weighted by Crippen LogP contribution is -2.30. The van der Waals surface area contributed by atoms with Crippen LogP contribution in [0.15, 0.2) is 42.5 Å². The van der Waals surface area contributed by atoms with Crippen LogP contribution in [0.5, 0.6) is 11.5 Å². The van der Waals surface area contributed by atoms with E-state index in [1.807, 2.05) is 36.4 Å². The first-order valence-electron chi connectivity index (χ1n) is 9.83. The molecule has 0 saturated heterocycles. The number of anilines is 1. The monoisotopic (exact) mass is 425 g/mol. The SMILES string of the molecule is COc1ccc(N2C(=O)c3[nH]nc(CC(C)C)c3C2c2ccccc2Cl)c(OC)c1. The lowest BCUT2D eigenvalue weighted by atomic mass is 9.95. The largest absolute Gasteiger partial charge is 0.497 e. The Balaban J connectivity index is 1.93. The van der Waals surface area contributed by atoms with Crippen molar-refractivity contribution in [3.8, 4) is 11.5 Å². The first-order chi connectivity index (χ1) is 14.5. The van der Waals surface area contributed by atoms with Gasteiger partial charge in [0.1, 0.15) is 17.2 Å². The van der Waals surface area contributed by atoms with Crippen LogP contribution in [0.4, 0.5) is 5.69 Å². The first-order valence-corrected chi connectivity index (χ1v) is 10.2. The zero-order valence-corrected chi connectivity index (χ0v) is 18.2. The fraction of sp³-hybridized carbons (Fsp3) is 0.304. The molecule has 0 fully saturated rings. The van der Waals surface area contributed by atoms with E-state index in [1.54, 1.807) is 25.2 Å². The van der Waals surface area contributed by atoms with E-state index < -0.39 is 6.04 Å². The number of halogens is 1. The molecule has 7 heteroatoms. The van der Waals surface area contributed by atoms with Gasteiger partial charge in [0.05, 0.1) is 31.6 Å². The number of carbonyl (C=O) groups is 1. The highest BCUT2D eigenvalue weighted by Gasteiger charge is 2.44. The summed E-state index contributed by atoms with van der Waals surface area (Å²) in [6.45, 7) is 4.26. The highest BCUT2D eigenvalue weighted by molar-refractivity contribution is 6.31. The van der Waals surface area contributed by atoms with Crippen LogP contribution in [0.2, 0.25) is 5.02 Å². The molecule has 1 unspecified atom stereocenters. The zero-order valence-electron chi connectivity index (χ0n) is 17.4. The summed E-state index contributed by atoms with van der Waals surface area (Å²) in [5, 5.41) is 8.03. The number of carbonyl (C=O) groups excluding carboxylic acids is 1. The van der Waals surface area contributed by atoms with E-state index in [0.717, 1.165) is 23.2 Å². The molecule has 0 aliphatic carbocycles. The highest BCUT2D eigenvalue weighted by atomic mass is 35.5. The van der Waals surface area contributed by atoms with Crippen molar-refractivity contribution < 1.29 is 14.3 Å². The second kappa shape index (κ2) is 8.03. The van der Waals surface area contributed by atoms with Gasteiger partial charge in [0.15, 0.2) is 0 Å². The van der Waals surface area contributed by atoms with Crippen molar-refractivity contribution in [2.75, 3.05) is 19.1 Å². The summed E-state index contributed by atoms with van der Waals surface area (Å²) in [6, 6.07) is 12.6. The van der Waals surface area contributed by atoms with Gasteiger partial charge in [-0.1, -0.05) is 43.6 Å². The third-order valence-corrected chi connectivity index (χ3v) is 5.64. The number of amides is 1. The summed E-state index contributed by atoms with van der Waals surface area (Å²) in [5.41, 5.74) is 3.74. The Morgan fingerprint density at radius 3 is 2.60 bits per heavy atom. The van der Waals surface area contributed by atoms with E-state index >= 15 is 0 Å². The maximum atomic E-state index is 13.5. The van der Waals surface area contributed by atoms with Crippen LogP contribution >= 0.6 is 11.6 Å². The number of hydrogen-bond acceptors (Lipinski definition) is 4. The van der Waals surface area contributed by atoms with Crippen LogP contribution in [0.1, 0.15) is 47.2 Å². The van der Waals surface area contributed by atoms with Crippen LogP contribution in [0, 0.1) is 5.92 Å². The van der Waals surface area contributed by atoms with Gasteiger partial charge >= 0.3 is 0 Å². The van der Waals surface area contributed by atoms with Gasteiger partial charge in [0.2, 0.25) is 0 Å². The summed E-state index contributed by atoms with van der Waals surface area (Å²) < 4.78 is 10.9. The normalized spacial score (nSPS) is 15.6. The summed E-state index contributed by atoms with van der Waals surface area (Å²) in [7, 11) is 3.17. The molecule has 1 atom stereocenters. The van der Waals surface area contributed by atoms with Crippen LogP contribution in [-0.4, -0.2) is 30.3 Å². The molecule has 1 aliphatic heterocycles. The number of benzene rings is 2. The van der Waals surface area contributed by atoms with Gasteiger partial charge in [0, 0.05) is 16.7 Å². The molecule has 6 nitrogen and oxygen atoms in total. The maximum Gasteiger partial charge on any atom is 0.277 e. The lowest BCUT2D eigenvalue weighted by molar-refractivity contribution is 0.0988. The summed E-state index contributed by atoms with van der Waals surface area (Å²) in [6.07, 6.45) is 0.758. The Morgan fingerprint density at radius 1 is 1.17 bits per heavy atom. The van der Waals surface area contributed by atoms with Gasteiger partial charge in [-0.2, -0.15) is 5.10 Å². The molecule has 2 heterocycles. The molecule has 3 aromatic rings. The van der Waals surface area contributed by atoms with Gasteiger partial charge in [-0.25, -0.2) is 0 Å². The molecule has 1 N–H and O–H groups in total. The Hall–Kier alpha value is -2.99. The first kappa shape index (κ1) is 20.3. The van der Waals surface area contributed by atoms with Crippen LogP contribution in [0.25, 0.3) is 0 Å². The second-order valence-electron chi connectivity index (χ2n) is 7.69. The predicted octanol–water partition coefficient (Wildman–Crippen LogP) is 5.03. The van der Waals surface area contributed by atoms with Crippen molar-refractivity contribution >= 4 is 23.2 Å². The van der Waals surface area contributed by atoms with Gasteiger partial charge in [-0.05, 0) is 36.1 Å². The van der Waals surface area contributed by atoms with Gasteiger partial charge in [0.25, 0.3) is 5.91 Å². The number of hydrogen-bond donors (Lipinski definition) is 1. The van der Waals surface area contributed by atoms with E-state index in [4.69, 9.17) is 21.1 Å². The molecule has 1 aliphatic rings. The Morgan fingerprint density at radius 2 is 1.93 bits per heavy atom. The van der Waals surface area contributed by atoms with Gasteiger partial charge < -0.3 is 9.47 Å². The van der Waals surface area contributed by atoms with Crippen molar-refractivity contribution in [1.82, 2.24) is 10.2 Å². The molecule has 0 spiro atoms. The number of rotatable bonds is 6. The lowest BCUT2D eigenvalue weighted by Gasteiger charge is -2.28. The molecule has 0 bridgehead atoms. The third-order valence-electron chi connectivity index (χ3n) is 5.30. The fourth-order valence-electron chi connectivity index (χ4n) is 3.98. The minimum absolute atomic E-state index is 0.166. The number of fused-ring (bicyclic) bond motifs is 1.